The van der Waals surface area contributed by atoms with Crippen LogP contribution in [0.3, 0.4) is 0 Å². The number of nitrogens with zero attached hydrogens (tertiary/aromatic N) is 1. The van der Waals surface area contributed by atoms with Crippen LogP contribution in [0.1, 0.15) is 38.3 Å². The van der Waals surface area contributed by atoms with E-state index in [2.05, 4.69) is 59.1 Å². The molecule has 0 bridgehead atoms. The maximum atomic E-state index is 5.88. The molecule has 1 aromatic rings. The van der Waals surface area contributed by atoms with Crippen LogP contribution in [0.25, 0.3) is 0 Å². The number of benzene rings is 1. The molecule has 3 rings (SSSR count). The smallest absolute Gasteiger partial charge is 0.127 e. The summed E-state index contributed by atoms with van der Waals surface area (Å²) >= 11 is 3.65. The van der Waals surface area contributed by atoms with Gasteiger partial charge in [0.15, 0.2) is 0 Å². The Balaban J connectivity index is 1.85. The Hall–Kier alpha value is -0.580. The molecule has 2 heterocycles. The number of hydrogen-bond acceptors (Lipinski definition) is 3. The molecule has 0 saturated carbocycles. The van der Waals surface area contributed by atoms with Crippen LogP contribution in [0.15, 0.2) is 16.6 Å². The number of rotatable bonds is 3. The van der Waals surface area contributed by atoms with Crippen LogP contribution < -0.4 is 10.1 Å². The second-order valence-electron chi connectivity index (χ2n) is 6.83. The summed E-state index contributed by atoms with van der Waals surface area (Å²) in [5, 5.41) is 3.66. The SMILES string of the molecule is CCC1CN(Cc2cc(Br)cc3c2OCC3)C(C)(C)CN1. The Bertz CT molecular complexity index is 530. The molecule has 1 saturated heterocycles. The van der Waals surface area contributed by atoms with E-state index in [1.807, 2.05) is 0 Å². The molecule has 0 spiro atoms. The van der Waals surface area contributed by atoms with Crippen molar-refractivity contribution in [3.05, 3.63) is 27.7 Å². The second-order valence-corrected chi connectivity index (χ2v) is 7.75. The predicted molar refractivity (Wildman–Crippen MR) is 89.9 cm³/mol. The molecular formula is C17H25BrN2O. The number of fused-ring (bicyclic) bond motifs is 1. The quantitative estimate of drug-likeness (QED) is 0.902. The first-order valence-electron chi connectivity index (χ1n) is 7.92. The summed E-state index contributed by atoms with van der Waals surface area (Å²) in [6.45, 7) is 10.8. The van der Waals surface area contributed by atoms with Gasteiger partial charge in [0.1, 0.15) is 5.75 Å². The van der Waals surface area contributed by atoms with E-state index in [0.717, 1.165) is 38.4 Å². The molecule has 0 aliphatic carbocycles. The lowest BCUT2D eigenvalue weighted by atomic mass is 9.95. The average molecular weight is 353 g/mol. The number of hydrogen-bond donors (Lipinski definition) is 1. The molecule has 0 amide bonds. The lowest BCUT2D eigenvalue weighted by Gasteiger charge is -2.46. The van der Waals surface area contributed by atoms with Gasteiger partial charge in [-0.2, -0.15) is 0 Å². The molecule has 0 radical (unpaired) electrons. The van der Waals surface area contributed by atoms with Gasteiger partial charge in [-0.1, -0.05) is 22.9 Å². The molecule has 0 aromatic heterocycles. The van der Waals surface area contributed by atoms with Gasteiger partial charge in [-0.25, -0.2) is 0 Å². The zero-order chi connectivity index (χ0) is 15.0. The number of halogens is 1. The molecule has 21 heavy (non-hydrogen) atoms. The fraction of sp³-hybridized carbons (Fsp3) is 0.647. The molecule has 1 aromatic carbocycles. The van der Waals surface area contributed by atoms with Gasteiger partial charge in [0.05, 0.1) is 6.61 Å². The molecule has 1 unspecified atom stereocenters. The maximum absolute atomic E-state index is 5.88. The third-order valence-electron chi connectivity index (χ3n) is 4.80. The van der Waals surface area contributed by atoms with Crippen molar-refractivity contribution < 1.29 is 4.74 Å². The van der Waals surface area contributed by atoms with Gasteiger partial charge in [-0.3, -0.25) is 4.90 Å². The molecule has 3 nitrogen and oxygen atoms in total. The zero-order valence-corrected chi connectivity index (χ0v) is 14.8. The van der Waals surface area contributed by atoms with Crippen LogP contribution in [-0.4, -0.2) is 36.2 Å². The largest absolute Gasteiger partial charge is 0.493 e. The molecule has 2 aliphatic heterocycles. The van der Waals surface area contributed by atoms with E-state index in [4.69, 9.17) is 4.74 Å². The minimum atomic E-state index is 0.180. The Kier molecular flexibility index (Phi) is 4.30. The van der Waals surface area contributed by atoms with Crippen molar-refractivity contribution in [2.45, 2.75) is 51.7 Å². The van der Waals surface area contributed by atoms with Crippen LogP contribution in [0, 0.1) is 0 Å². The Morgan fingerprint density at radius 1 is 1.43 bits per heavy atom. The molecule has 1 atom stereocenters. The lowest BCUT2D eigenvalue weighted by molar-refractivity contribution is 0.0570. The van der Waals surface area contributed by atoms with E-state index in [-0.39, 0.29) is 5.54 Å². The van der Waals surface area contributed by atoms with Crippen molar-refractivity contribution >= 4 is 15.9 Å². The highest BCUT2D eigenvalue weighted by Crippen LogP contribution is 2.35. The zero-order valence-electron chi connectivity index (χ0n) is 13.2. The van der Waals surface area contributed by atoms with Crippen molar-refractivity contribution in [3.63, 3.8) is 0 Å². The van der Waals surface area contributed by atoms with Crippen molar-refractivity contribution in [1.29, 1.82) is 0 Å². The van der Waals surface area contributed by atoms with Gasteiger partial charge in [-0.15, -0.1) is 0 Å². The first-order valence-corrected chi connectivity index (χ1v) is 8.71. The van der Waals surface area contributed by atoms with Gasteiger partial charge in [0, 0.05) is 47.7 Å². The average Bonchev–Trinajstić information content (AvgIpc) is 2.89. The van der Waals surface area contributed by atoms with E-state index in [1.54, 1.807) is 0 Å². The minimum absolute atomic E-state index is 0.180. The first-order chi connectivity index (χ1) is 9.99. The summed E-state index contributed by atoms with van der Waals surface area (Å²) in [6, 6.07) is 5.02. The highest BCUT2D eigenvalue weighted by atomic mass is 79.9. The summed E-state index contributed by atoms with van der Waals surface area (Å²) in [5.74, 6) is 1.13. The molecule has 116 valence electrons. The molecule has 1 N–H and O–H groups in total. The van der Waals surface area contributed by atoms with Crippen LogP contribution in [-0.2, 0) is 13.0 Å². The molecule has 1 fully saturated rings. The van der Waals surface area contributed by atoms with Crippen LogP contribution in [0.2, 0.25) is 0 Å². The summed E-state index contributed by atoms with van der Waals surface area (Å²) < 4.78 is 7.05. The third-order valence-corrected chi connectivity index (χ3v) is 5.26. The van der Waals surface area contributed by atoms with Crippen LogP contribution in [0.5, 0.6) is 5.75 Å². The summed E-state index contributed by atoms with van der Waals surface area (Å²) in [5.41, 5.74) is 2.85. The predicted octanol–water partition coefficient (Wildman–Crippen LogP) is 3.35. The van der Waals surface area contributed by atoms with Gasteiger partial charge < -0.3 is 10.1 Å². The van der Waals surface area contributed by atoms with E-state index in [9.17, 15) is 0 Å². The first kappa shape index (κ1) is 15.3. The van der Waals surface area contributed by atoms with E-state index in [1.165, 1.54) is 22.0 Å². The Morgan fingerprint density at radius 3 is 3.00 bits per heavy atom. The Morgan fingerprint density at radius 2 is 2.24 bits per heavy atom. The third kappa shape index (κ3) is 3.13. The number of piperazine rings is 1. The standard InChI is InChI=1S/C17H25BrN2O/c1-4-15-10-20(17(2,3)11-19-15)9-13-8-14(18)7-12-5-6-21-16(12)13/h7-8,15,19H,4-6,9-11H2,1-3H3. The van der Waals surface area contributed by atoms with E-state index < -0.39 is 0 Å². The van der Waals surface area contributed by atoms with Crippen LogP contribution >= 0.6 is 15.9 Å². The van der Waals surface area contributed by atoms with Crippen molar-refractivity contribution in [3.8, 4) is 5.75 Å². The normalized spacial score (nSPS) is 24.7. The fourth-order valence-corrected chi connectivity index (χ4v) is 3.86. The van der Waals surface area contributed by atoms with Gasteiger partial charge in [-0.05, 0) is 38.0 Å². The van der Waals surface area contributed by atoms with Gasteiger partial charge in [0.25, 0.3) is 0 Å². The van der Waals surface area contributed by atoms with Gasteiger partial charge >= 0.3 is 0 Å². The van der Waals surface area contributed by atoms with Crippen molar-refractivity contribution in [2.75, 3.05) is 19.7 Å². The molecular weight excluding hydrogens is 328 g/mol. The van der Waals surface area contributed by atoms with Crippen molar-refractivity contribution in [1.82, 2.24) is 10.2 Å². The fourth-order valence-electron chi connectivity index (χ4n) is 3.30. The highest BCUT2D eigenvalue weighted by molar-refractivity contribution is 9.10. The molecule has 2 aliphatic rings. The summed E-state index contributed by atoms with van der Waals surface area (Å²) in [4.78, 5) is 2.60. The maximum Gasteiger partial charge on any atom is 0.127 e. The van der Waals surface area contributed by atoms with Crippen molar-refractivity contribution in [2.24, 2.45) is 0 Å². The van der Waals surface area contributed by atoms with E-state index in [0.29, 0.717) is 6.04 Å². The second kappa shape index (κ2) is 5.90. The summed E-state index contributed by atoms with van der Waals surface area (Å²) in [6.07, 6.45) is 2.21. The lowest BCUT2D eigenvalue weighted by Crippen LogP contribution is -2.61. The molecule has 4 heteroatoms. The van der Waals surface area contributed by atoms with Crippen LogP contribution in [0.4, 0.5) is 0 Å². The van der Waals surface area contributed by atoms with E-state index >= 15 is 0 Å². The number of ether oxygens (including phenoxy) is 1. The topological polar surface area (TPSA) is 24.5 Å². The van der Waals surface area contributed by atoms with Gasteiger partial charge in [0.2, 0.25) is 0 Å². The minimum Gasteiger partial charge on any atom is -0.493 e. The highest BCUT2D eigenvalue weighted by Gasteiger charge is 2.34. The Labute approximate surface area is 136 Å². The monoisotopic (exact) mass is 352 g/mol. The summed E-state index contributed by atoms with van der Waals surface area (Å²) in [7, 11) is 0. The number of nitrogens with one attached hydrogen (secondary N) is 1.